The standard InChI is InChI=1S/C15H18BrFN2O2/c1-14(2)13(21)19(15(3,4)12(20)18-14)8-9-5-6-11(17)10(16)7-9/h5-7H,8H2,1-4H3,(H,18,20). The van der Waals surface area contributed by atoms with Crippen LogP contribution in [-0.4, -0.2) is 27.8 Å². The van der Waals surface area contributed by atoms with Crippen molar-refractivity contribution in [1.82, 2.24) is 10.2 Å². The van der Waals surface area contributed by atoms with Crippen molar-refractivity contribution < 1.29 is 14.0 Å². The maximum atomic E-state index is 13.3. The molecule has 4 nitrogen and oxygen atoms in total. The molecule has 1 N–H and O–H groups in total. The SMILES string of the molecule is CC1(C)NC(=O)C(C)(C)N(Cc2ccc(F)c(Br)c2)C1=O. The molecule has 1 fully saturated rings. The maximum absolute atomic E-state index is 13.3. The van der Waals surface area contributed by atoms with Crippen LogP contribution in [0.5, 0.6) is 0 Å². The minimum Gasteiger partial charge on any atom is -0.340 e. The van der Waals surface area contributed by atoms with Crippen LogP contribution < -0.4 is 5.32 Å². The van der Waals surface area contributed by atoms with Crippen LogP contribution in [0.1, 0.15) is 33.3 Å². The molecular formula is C15H18BrFN2O2. The summed E-state index contributed by atoms with van der Waals surface area (Å²) in [6.07, 6.45) is 0. The van der Waals surface area contributed by atoms with Crippen molar-refractivity contribution in [2.24, 2.45) is 0 Å². The average Bonchev–Trinajstić information content (AvgIpc) is 2.37. The van der Waals surface area contributed by atoms with E-state index in [4.69, 9.17) is 0 Å². The number of hydrogen-bond acceptors (Lipinski definition) is 2. The number of benzene rings is 1. The minimum atomic E-state index is -0.951. The molecular weight excluding hydrogens is 339 g/mol. The molecule has 6 heteroatoms. The number of halogens is 2. The van der Waals surface area contributed by atoms with E-state index >= 15 is 0 Å². The molecule has 1 aliphatic rings. The molecule has 0 aromatic heterocycles. The van der Waals surface area contributed by atoms with Gasteiger partial charge in [-0.3, -0.25) is 9.59 Å². The zero-order chi connectivity index (χ0) is 16.0. The lowest BCUT2D eigenvalue weighted by Crippen LogP contribution is -2.71. The average molecular weight is 357 g/mol. The minimum absolute atomic E-state index is 0.160. The molecule has 0 atom stereocenters. The molecule has 0 bridgehead atoms. The van der Waals surface area contributed by atoms with Gasteiger partial charge in [0.25, 0.3) is 0 Å². The topological polar surface area (TPSA) is 49.4 Å². The van der Waals surface area contributed by atoms with E-state index in [0.29, 0.717) is 4.47 Å². The van der Waals surface area contributed by atoms with Crippen LogP contribution in [0.25, 0.3) is 0 Å². The summed E-state index contributed by atoms with van der Waals surface area (Å²) in [5.74, 6) is -0.720. The smallest absolute Gasteiger partial charge is 0.248 e. The number of hydrogen-bond donors (Lipinski definition) is 1. The Morgan fingerprint density at radius 2 is 1.86 bits per heavy atom. The number of rotatable bonds is 2. The Hall–Kier alpha value is -1.43. The number of amides is 2. The van der Waals surface area contributed by atoms with Crippen LogP contribution in [-0.2, 0) is 16.1 Å². The van der Waals surface area contributed by atoms with Gasteiger partial charge in [0.1, 0.15) is 16.9 Å². The van der Waals surface area contributed by atoms with Gasteiger partial charge in [-0.25, -0.2) is 4.39 Å². The first-order valence-electron chi connectivity index (χ1n) is 6.64. The predicted molar refractivity (Wildman–Crippen MR) is 81.0 cm³/mol. The summed E-state index contributed by atoms with van der Waals surface area (Å²) in [5.41, 5.74) is -1.13. The Kier molecular flexibility index (Phi) is 3.86. The lowest BCUT2D eigenvalue weighted by Gasteiger charge is -2.47. The number of nitrogens with one attached hydrogen (secondary N) is 1. The number of nitrogens with zero attached hydrogens (tertiary/aromatic N) is 1. The first-order valence-corrected chi connectivity index (χ1v) is 7.43. The zero-order valence-corrected chi connectivity index (χ0v) is 14.0. The van der Waals surface area contributed by atoms with Gasteiger partial charge in [0, 0.05) is 6.54 Å². The summed E-state index contributed by atoms with van der Waals surface area (Å²) < 4.78 is 13.6. The first-order chi connectivity index (χ1) is 9.55. The van der Waals surface area contributed by atoms with Crippen LogP contribution in [0.15, 0.2) is 22.7 Å². The first kappa shape index (κ1) is 15.9. The normalized spacial score (nSPS) is 20.4. The van der Waals surface area contributed by atoms with E-state index < -0.39 is 11.1 Å². The molecule has 2 rings (SSSR count). The van der Waals surface area contributed by atoms with Crippen molar-refractivity contribution in [2.75, 3.05) is 0 Å². The fraction of sp³-hybridized carbons (Fsp3) is 0.467. The predicted octanol–water partition coefficient (Wildman–Crippen LogP) is 2.60. The number of piperazine rings is 1. The van der Waals surface area contributed by atoms with Gasteiger partial charge in [-0.15, -0.1) is 0 Å². The molecule has 1 aliphatic heterocycles. The lowest BCUT2D eigenvalue weighted by molar-refractivity contribution is -0.160. The third-order valence-corrected chi connectivity index (χ3v) is 4.37. The van der Waals surface area contributed by atoms with E-state index in [2.05, 4.69) is 21.2 Å². The van der Waals surface area contributed by atoms with E-state index in [1.165, 1.54) is 11.0 Å². The van der Waals surface area contributed by atoms with Crippen LogP contribution in [0, 0.1) is 5.82 Å². The number of carbonyl (C=O) groups excluding carboxylic acids is 2. The quantitative estimate of drug-likeness (QED) is 0.885. The largest absolute Gasteiger partial charge is 0.340 e. The molecule has 0 saturated carbocycles. The van der Waals surface area contributed by atoms with Crippen molar-refractivity contribution in [3.8, 4) is 0 Å². The molecule has 1 heterocycles. The van der Waals surface area contributed by atoms with Gasteiger partial charge in [-0.1, -0.05) is 6.07 Å². The second-order valence-corrected chi connectivity index (χ2v) is 7.13. The molecule has 0 radical (unpaired) electrons. The monoisotopic (exact) mass is 356 g/mol. The van der Waals surface area contributed by atoms with Crippen molar-refractivity contribution in [3.63, 3.8) is 0 Å². The zero-order valence-electron chi connectivity index (χ0n) is 12.5. The summed E-state index contributed by atoms with van der Waals surface area (Å²) in [7, 11) is 0. The van der Waals surface area contributed by atoms with Crippen molar-refractivity contribution >= 4 is 27.7 Å². The summed E-state index contributed by atoms with van der Waals surface area (Å²) in [6, 6.07) is 4.58. The third kappa shape index (κ3) is 2.81. The van der Waals surface area contributed by atoms with Crippen LogP contribution >= 0.6 is 15.9 Å². The molecule has 0 spiro atoms. The Bertz CT molecular complexity index is 614. The highest BCUT2D eigenvalue weighted by Gasteiger charge is 2.49. The van der Waals surface area contributed by atoms with Gasteiger partial charge < -0.3 is 10.2 Å². The van der Waals surface area contributed by atoms with Crippen LogP contribution in [0.3, 0.4) is 0 Å². The highest BCUT2D eigenvalue weighted by molar-refractivity contribution is 9.10. The highest BCUT2D eigenvalue weighted by Crippen LogP contribution is 2.28. The van der Waals surface area contributed by atoms with E-state index in [0.717, 1.165) is 5.56 Å². The fourth-order valence-electron chi connectivity index (χ4n) is 2.29. The molecule has 2 amide bonds. The summed E-state index contributed by atoms with van der Waals surface area (Å²) >= 11 is 3.13. The van der Waals surface area contributed by atoms with E-state index in [1.807, 2.05) is 0 Å². The van der Waals surface area contributed by atoms with E-state index in [1.54, 1.807) is 39.8 Å². The highest BCUT2D eigenvalue weighted by atomic mass is 79.9. The van der Waals surface area contributed by atoms with Gasteiger partial charge >= 0.3 is 0 Å². The second-order valence-electron chi connectivity index (χ2n) is 6.28. The second kappa shape index (κ2) is 5.09. The Labute approximate surface area is 131 Å². The molecule has 1 aromatic carbocycles. The Morgan fingerprint density at radius 3 is 2.43 bits per heavy atom. The van der Waals surface area contributed by atoms with Gasteiger partial charge in [0.15, 0.2) is 0 Å². The van der Waals surface area contributed by atoms with E-state index in [-0.39, 0.29) is 24.2 Å². The molecule has 1 aromatic rings. The summed E-state index contributed by atoms with van der Waals surface area (Å²) in [5, 5.41) is 2.73. The van der Waals surface area contributed by atoms with Gasteiger partial charge in [-0.2, -0.15) is 0 Å². The van der Waals surface area contributed by atoms with E-state index in [9.17, 15) is 14.0 Å². The van der Waals surface area contributed by atoms with Gasteiger partial charge in [0.2, 0.25) is 11.8 Å². The Morgan fingerprint density at radius 1 is 1.24 bits per heavy atom. The molecule has 1 saturated heterocycles. The molecule has 0 unspecified atom stereocenters. The summed E-state index contributed by atoms with van der Waals surface area (Å²) in [4.78, 5) is 26.3. The van der Waals surface area contributed by atoms with Crippen LogP contribution in [0.4, 0.5) is 4.39 Å². The molecule has 0 aliphatic carbocycles. The number of carbonyl (C=O) groups is 2. The third-order valence-electron chi connectivity index (χ3n) is 3.76. The molecule has 114 valence electrons. The van der Waals surface area contributed by atoms with Crippen molar-refractivity contribution in [3.05, 3.63) is 34.1 Å². The lowest BCUT2D eigenvalue weighted by atomic mass is 9.89. The summed E-state index contributed by atoms with van der Waals surface area (Å²) in [6.45, 7) is 7.01. The van der Waals surface area contributed by atoms with Gasteiger partial charge in [-0.05, 0) is 61.3 Å². The molecule has 21 heavy (non-hydrogen) atoms. The van der Waals surface area contributed by atoms with Gasteiger partial charge in [0.05, 0.1) is 4.47 Å². The fourth-order valence-corrected chi connectivity index (χ4v) is 2.72. The Balaban J connectivity index is 2.36. The maximum Gasteiger partial charge on any atom is 0.248 e. The van der Waals surface area contributed by atoms with Crippen molar-refractivity contribution in [2.45, 2.75) is 45.3 Å². The van der Waals surface area contributed by atoms with Crippen molar-refractivity contribution in [1.29, 1.82) is 0 Å². The van der Waals surface area contributed by atoms with Crippen LogP contribution in [0.2, 0.25) is 0 Å².